The van der Waals surface area contributed by atoms with Crippen LogP contribution in [0.5, 0.6) is 5.88 Å². The number of carbonyl (C=O) groups is 1. The Hall–Kier alpha value is -3.22. The molecule has 0 aliphatic carbocycles. The Balaban J connectivity index is 1.47. The van der Waals surface area contributed by atoms with Gasteiger partial charge in [0.05, 0.1) is 11.8 Å². The van der Waals surface area contributed by atoms with E-state index in [0.29, 0.717) is 16.2 Å². The van der Waals surface area contributed by atoms with E-state index in [1.54, 1.807) is 0 Å². The number of methoxy groups -OCH3 is 1. The predicted molar refractivity (Wildman–Crippen MR) is 122 cm³/mol. The minimum atomic E-state index is -0.152. The number of anilines is 1. The molecule has 2 amide bonds. The minimum Gasteiger partial charge on any atom is -0.479 e. The maximum Gasteiger partial charge on any atom is 0.323 e. The summed E-state index contributed by atoms with van der Waals surface area (Å²) in [6.07, 6.45) is 3.00. The molecule has 3 aromatic rings. The van der Waals surface area contributed by atoms with Crippen LogP contribution in [0.3, 0.4) is 0 Å². The predicted octanol–water partition coefficient (Wildman–Crippen LogP) is 4.27. The first-order chi connectivity index (χ1) is 15.6. The molecule has 0 bridgehead atoms. The molecular formula is C23H23N5O3S. The van der Waals surface area contributed by atoms with Gasteiger partial charge >= 0.3 is 6.03 Å². The highest BCUT2D eigenvalue weighted by molar-refractivity contribution is 7.23. The van der Waals surface area contributed by atoms with Crippen molar-refractivity contribution in [2.24, 2.45) is 5.41 Å². The lowest BCUT2D eigenvalue weighted by molar-refractivity contribution is 0.0211. The summed E-state index contributed by atoms with van der Waals surface area (Å²) in [4.78, 5) is 23.8. The van der Waals surface area contributed by atoms with Crippen molar-refractivity contribution in [2.75, 3.05) is 38.7 Å². The minimum absolute atomic E-state index is 0.152. The summed E-state index contributed by atoms with van der Waals surface area (Å²) in [6, 6.07) is 11.6. The van der Waals surface area contributed by atoms with E-state index in [1.165, 1.54) is 18.4 Å². The fraction of sp³-hybridized carbons (Fsp3) is 0.391. The summed E-state index contributed by atoms with van der Waals surface area (Å²) in [5, 5.41) is 13.1. The molecule has 2 aliphatic rings. The topological polar surface area (TPSA) is 100 Å². The SMILES string of the molecule is COc1nc(C#N)c(-c2ccccc2)c2sc(NC(=O)N3CCC4(CCOCC4)C3)nc12. The van der Waals surface area contributed by atoms with Crippen LogP contribution in [0, 0.1) is 16.7 Å². The van der Waals surface area contributed by atoms with Crippen LogP contribution in [0.15, 0.2) is 30.3 Å². The Morgan fingerprint density at radius 2 is 2.03 bits per heavy atom. The zero-order valence-electron chi connectivity index (χ0n) is 17.8. The lowest BCUT2D eigenvalue weighted by Crippen LogP contribution is -2.37. The molecule has 0 atom stereocenters. The van der Waals surface area contributed by atoms with Crippen molar-refractivity contribution < 1.29 is 14.3 Å². The monoisotopic (exact) mass is 449 g/mol. The third kappa shape index (κ3) is 3.66. The number of nitrogens with zero attached hydrogens (tertiary/aromatic N) is 4. The molecule has 9 heteroatoms. The quantitative estimate of drug-likeness (QED) is 0.641. The first-order valence-corrected chi connectivity index (χ1v) is 11.4. The molecule has 1 N–H and O–H groups in total. The fourth-order valence-electron chi connectivity index (χ4n) is 4.59. The standard InChI is InChI=1S/C23H23N5O3S/c1-30-20-18-19(17(16(13-24)25-20)15-5-3-2-4-6-15)32-21(26-18)27-22(29)28-10-7-23(14-28)8-11-31-12-9-23/h2-6H,7-12,14H2,1H3,(H,26,27,29). The summed E-state index contributed by atoms with van der Waals surface area (Å²) < 4.78 is 11.7. The number of nitrogens with one attached hydrogen (secondary N) is 1. The number of ether oxygens (including phenoxy) is 2. The van der Waals surface area contributed by atoms with Gasteiger partial charge in [-0.3, -0.25) is 5.32 Å². The summed E-state index contributed by atoms with van der Waals surface area (Å²) in [6.45, 7) is 3.01. The number of likely N-dealkylation sites (tertiary alicyclic amines) is 1. The molecule has 0 radical (unpaired) electrons. The van der Waals surface area contributed by atoms with Gasteiger partial charge in [0.2, 0.25) is 5.88 Å². The van der Waals surface area contributed by atoms with Gasteiger partial charge in [0.1, 0.15) is 11.6 Å². The summed E-state index contributed by atoms with van der Waals surface area (Å²) in [5.74, 6) is 0.273. The van der Waals surface area contributed by atoms with Gasteiger partial charge in [0.15, 0.2) is 10.8 Å². The number of urea groups is 1. The lowest BCUT2D eigenvalue weighted by Gasteiger charge is -2.33. The number of pyridine rings is 1. The molecular weight excluding hydrogens is 426 g/mol. The second-order valence-electron chi connectivity index (χ2n) is 8.23. The molecule has 1 aromatic carbocycles. The Bertz CT molecular complexity index is 1200. The first kappa shape index (κ1) is 20.7. The van der Waals surface area contributed by atoms with Gasteiger partial charge in [-0.2, -0.15) is 10.2 Å². The third-order valence-electron chi connectivity index (χ3n) is 6.36. The number of thiazole rings is 1. The Morgan fingerprint density at radius 1 is 1.25 bits per heavy atom. The number of fused-ring (bicyclic) bond motifs is 1. The Morgan fingerprint density at radius 3 is 2.75 bits per heavy atom. The number of hydrogen-bond donors (Lipinski definition) is 1. The van der Waals surface area contributed by atoms with Crippen LogP contribution in [0.25, 0.3) is 21.3 Å². The Kier molecular flexibility index (Phi) is 5.41. The number of aromatic nitrogens is 2. The molecule has 32 heavy (non-hydrogen) atoms. The van der Waals surface area contributed by atoms with E-state index in [1.807, 2.05) is 35.2 Å². The summed E-state index contributed by atoms with van der Waals surface area (Å²) in [5.41, 5.74) is 2.55. The summed E-state index contributed by atoms with van der Waals surface area (Å²) in [7, 11) is 1.50. The fourth-order valence-corrected chi connectivity index (χ4v) is 5.61. The number of nitriles is 1. The number of rotatable bonds is 3. The normalized spacial score (nSPS) is 17.4. The molecule has 2 aliphatic heterocycles. The molecule has 2 fully saturated rings. The largest absolute Gasteiger partial charge is 0.479 e. The highest BCUT2D eigenvalue weighted by Crippen LogP contribution is 2.42. The highest BCUT2D eigenvalue weighted by Gasteiger charge is 2.41. The number of carbonyl (C=O) groups excluding carboxylic acids is 1. The van der Waals surface area contributed by atoms with Crippen molar-refractivity contribution in [3.63, 3.8) is 0 Å². The van der Waals surface area contributed by atoms with Gasteiger partial charge in [0, 0.05) is 31.9 Å². The smallest absolute Gasteiger partial charge is 0.323 e. The van der Waals surface area contributed by atoms with E-state index in [9.17, 15) is 10.1 Å². The lowest BCUT2D eigenvalue weighted by atomic mass is 9.80. The van der Waals surface area contributed by atoms with Crippen LogP contribution in [0.1, 0.15) is 25.0 Å². The number of hydrogen-bond acceptors (Lipinski definition) is 7. The highest BCUT2D eigenvalue weighted by atomic mass is 32.1. The van der Waals surface area contributed by atoms with E-state index < -0.39 is 0 Å². The van der Waals surface area contributed by atoms with E-state index in [4.69, 9.17) is 9.47 Å². The van der Waals surface area contributed by atoms with Crippen LogP contribution < -0.4 is 10.1 Å². The van der Waals surface area contributed by atoms with E-state index in [2.05, 4.69) is 21.4 Å². The van der Waals surface area contributed by atoms with Crippen LogP contribution in [0.4, 0.5) is 9.93 Å². The average Bonchev–Trinajstić information content (AvgIpc) is 3.43. The van der Waals surface area contributed by atoms with Gasteiger partial charge < -0.3 is 14.4 Å². The zero-order valence-corrected chi connectivity index (χ0v) is 18.6. The van der Waals surface area contributed by atoms with Crippen molar-refractivity contribution >= 4 is 32.7 Å². The average molecular weight is 450 g/mol. The van der Waals surface area contributed by atoms with Crippen molar-refractivity contribution in [1.29, 1.82) is 5.26 Å². The van der Waals surface area contributed by atoms with Crippen LogP contribution in [0.2, 0.25) is 0 Å². The molecule has 1 spiro atoms. The third-order valence-corrected chi connectivity index (χ3v) is 7.35. The van der Waals surface area contributed by atoms with Gasteiger partial charge in [-0.25, -0.2) is 9.78 Å². The second-order valence-corrected chi connectivity index (χ2v) is 9.23. The van der Waals surface area contributed by atoms with Crippen molar-refractivity contribution in [1.82, 2.24) is 14.9 Å². The molecule has 2 saturated heterocycles. The molecule has 0 unspecified atom stereocenters. The molecule has 164 valence electrons. The molecule has 4 heterocycles. The van der Waals surface area contributed by atoms with E-state index in [-0.39, 0.29) is 23.0 Å². The van der Waals surface area contributed by atoms with Gasteiger partial charge in [-0.1, -0.05) is 41.7 Å². The molecule has 5 rings (SSSR count). The number of benzene rings is 1. The molecule has 8 nitrogen and oxygen atoms in total. The van der Waals surface area contributed by atoms with Crippen molar-refractivity contribution in [3.05, 3.63) is 36.0 Å². The van der Waals surface area contributed by atoms with Crippen LogP contribution in [-0.4, -0.2) is 54.3 Å². The molecule has 2 aromatic heterocycles. The van der Waals surface area contributed by atoms with Crippen LogP contribution >= 0.6 is 11.3 Å². The van der Waals surface area contributed by atoms with Gasteiger partial charge in [-0.05, 0) is 30.2 Å². The maximum atomic E-state index is 13.0. The van der Waals surface area contributed by atoms with E-state index in [0.717, 1.165) is 55.8 Å². The van der Waals surface area contributed by atoms with Crippen LogP contribution in [-0.2, 0) is 4.74 Å². The van der Waals surface area contributed by atoms with Gasteiger partial charge in [0.25, 0.3) is 0 Å². The second kappa shape index (κ2) is 8.37. The maximum absolute atomic E-state index is 13.0. The summed E-state index contributed by atoms with van der Waals surface area (Å²) >= 11 is 1.33. The Labute approximate surface area is 189 Å². The first-order valence-electron chi connectivity index (χ1n) is 10.6. The number of amides is 2. The van der Waals surface area contributed by atoms with Gasteiger partial charge in [-0.15, -0.1) is 0 Å². The molecule has 0 saturated carbocycles. The van der Waals surface area contributed by atoms with E-state index >= 15 is 0 Å². The van der Waals surface area contributed by atoms with Crippen molar-refractivity contribution in [3.8, 4) is 23.1 Å². The van der Waals surface area contributed by atoms with Crippen molar-refractivity contribution in [2.45, 2.75) is 19.3 Å². The zero-order chi connectivity index (χ0) is 22.1.